The van der Waals surface area contributed by atoms with Crippen LogP contribution in [0.1, 0.15) is 19.3 Å². The minimum Gasteiger partial charge on any atom is -0.369 e. The molecule has 2 aliphatic heterocycles. The van der Waals surface area contributed by atoms with Gasteiger partial charge >= 0.3 is 0 Å². The summed E-state index contributed by atoms with van der Waals surface area (Å²) in [7, 11) is 0. The minimum atomic E-state index is 0.658. The first kappa shape index (κ1) is 14.1. The summed E-state index contributed by atoms with van der Waals surface area (Å²) in [5.74, 6) is 0. The predicted octanol–water partition coefficient (Wildman–Crippen LogP) is 3.56. The molecule has 22 heavy (non-hydrogen) atoms. The van der Waals surface area contributed by atoms with E-state index >= 15 is 0 Å². The van der Waals surface area contributed by atoms with Crippen molar-refractivity contribution in [2.75, 3.05) is 18.0 Å². The van der Waals surface area contributed by atoms with Crippen LogP contribution in [0.3, 0.4) is 0 Å². The van der Waals surface area contributed by atoms with E-state index in [9.17, 15) is 0 Å². The third-order valence-electron chi connectivity index (χ3n) is 4.57. The van der Waals surface area contributed by atoms with Gasteiger partial charge in [0, 0.05) is 30.1 Å². The number of aromatic nitrogens is 1. The van der Waals surface area contributed by atoms with E-state index in [0.29, 0.717) is 6.04 Å². The molecule has 2 atom stereocenters. The van der Waals surface area contributed by atoms with Crippen LogP contribution in [0.25, 0.3) is 0 Å². The zero-order chi connectivity index (χ0) is 14.8. The zero-order valence-corrected chi connectivity index (χ0v) is 13.4. The summed E-state index contributed by atoms with van der Waals surface area (Å²) in [4.78, 5) is 8.36. The maximum absolute atomic E-state index is 4.64. The highest BCUT2D eigenvalue weighted by Gasteiger charge is 2.29. The van der Waals surface area contributed by atoms with E-state index in [0.717, 1.165) is 24.2 Å². The molecule has 3 nitrogen and oxygen atoms in total. The second-order valence-corrected chi connectivity index (χ2v) is 7.24. The van der Waals surface area contributed by atoms with E-state index in [1.54, 1.807) is 11.8 Å². The van der Waals surface area contributed by atoms with Crippen molar-refractivity contribution in [1.82, 2.24) is 10.3 Å². The fraction of sp³-hybridized carbons (Fsp3) is 0.389. The lowest BCUT2D eigenvalue weighted by Gasteiger charge is -2.26. The molecule has 2 aromatic rings. The second kappa shape index (κ2) is 6.31. The average Bonchev–Trinajstić information content (AvgIpc) is 2.89. The number of anilines is 1. The van der Waals surface area contributed by atoms with Crippen LogP contribution in [0, 0.1) is 0 Å². The molecule has 2 saturated heterocycles. The van der Waals surface area contributed by atoms with E-state index in [4.69, 9.17) is 0 Å². The number of pyridine rings is 1. The van der Waals surface area contributed by atoms with Gasteiger partial charge in [-0.3, -0.25) is 0 Å². The maximum Gasteiger partial charge on any atom is 0.101 e. The molecule has 2 unspecified atom stereocenters. The Hall–Kier alpha value is -1.52. The third-order valence-corrected chi connectivity index (χ3v) is 5.53. The molecular formula is C18H21N3S. The van der Waals surface area contributed by atoms with Gasteiger partial charge < -0.3 is 10.2 Å². The Kier molecular flexibility index (Phi) is 4.04. The van der Waals surface area contributed by atoms with Gasteiger partial charge in [0.05, 0.1) is 11.9 Å². The van der Waals surface area contributed by atoms with Crippen molar-refractivity contribution >= 4 is 17.4 Å². The van der Waals surface area contributed by atoms with E-state index in [2.05, 4.69) is 51.6 Å². The third kappa shape index (κ3) is 3.13. The van der Waals surface area contributed by atoms with Crippen molar-refractivity contribution in [3.8, 4) is 0 Å². The van der Waals surface area contributed by atoms with E-state index in [1.165, 1.54) is 29.8 Å². The van der Waals surface area contributed by atoms with Crippen molar-refractivity contribution in [2.24, 2.45) is 0 Å². The van der Waals surface area contributed by atoms with Gasteiger partial charge in [0.2, 0.25) is 0 Å². The fourth-order valence-electron chi connectivity index (χ4n) is 3.41. The molecule has 0 spiro atoms. The van der Waals surface area contributed by atoms with Gasteiger partial charge in [-0.25, -0.2) is 4.98 Å². The lowest BCUT2D eigenvalue weighted by atomic mass is 10.1. The maximum atomic E-state index is 4.64. The Morgan fingerprint density at radius 1 is 1.00 bits per heavy atom. The van der Waals surface area contributed by atoms with Crippen molar-refractivity contribution in [2.45, 2.75) is 41.3 Å². The summed E-state index contributed by atoms with van der Waals surface area (Å²) in [6.45, 7) is 2.25. The Balaban J connectivity index is 1.45. The molecule has 1 aromatic carbocycles. The molecular weight excluding hydrogens is 290 g/mol. The molecule has 0 saturated carbocycles. The molecule has 0 aliphatic carbocycles. The molecule has 114 valence electrons. The second-order valence-electron chi connectivity index (χ2n) is 6.14. The topological polar surface area (TPSA) is 28.2 Å². The quantitative estimate of drug-likeness (QED) is 0.938. The number of nitrogens with one attached hydrogen (secondary N) is 1. The summed E-state index contributed by atoms with van der Waals surface area (Å²) in [5.41, 5.74) is 1.26. The summed E-state index contributed by atoms with van der Waals surface area (Å²) >= 11 is 1.72. The van der Waals surface area contributed by atoms with Gasteiger partial charge in [0.25, 0.3) is 0 Å². The highest BCUT2D eigenvalue weighted by molar-refractivity contribution is 7.99. The lowest BCUT2D eigenvalue weighted by Crippen LogP contribution is -2.35. The van der Waals surface area contributed by atoms with Gasteiger partial charge in [-0.1, -0.05) is 30.0 Å². The summed E-state index contributed by atoms with van der Waals surface area (Å²) in [6.07, 6.45) is 5.95. The monoisotopic (exact) mass is 311 g/mol. The van der Waals surface area contributed by atoms with Gasteiger partial charge in [-0.15, -0.1) is 0 Å². The van der Waals surface area contributed by atoms with Crippen LogP contribution in [0.5, 0.6) is 0 Å². The first-order valence-corrected chi connectivity index (χ1v) is 8.88. The zero-order valence-electron chi connectivity index (χ0n) is 12.6. The van der Waals surface area contributed by atoms with Gasteiger partial charge in [0.15, 0.2) is 0 Å². The van der Waals surface area contributed by atoms with Crippen molar-refractivity contribution in [3.63, 3.8) is 0 Å². The van der Waals surface area contributed by atoms with Crippen LogP contribution in [0.4, 0.5) is 5.69 Å². The SMILES string of the molecule is c1ccc(Sc2ccc(N3CCC4CCC(C3)N4)cn2)cc1. The van der Waals surface area contributed by atoms with E-state index in [1.807, 2.05) is 12.3 Å². The van der Waals surface area contributed by atoms with Crippen molar-refractivity contribution in [1.29, 1.82) is 0 Å². The summed E-state index contributed by atoms with van der Waals surface area (Å²) in [6, 6.07) is 16.2. The molecule has 1 N–H and O–H groups in total. The Bertz CT molecular complexity index is 614. The number of hydrogen-bond donors (Lipinski definition) is 1. The van der Waals surface area contributed by atoms with Gasteiger partial charge in [-0.2, -0.15) is 0 Å². The Morgan fingerprint density at radius 3 is 2.68 bits per heavy atom. The number of hydrogen-bond acceptors (Lipinski definition) is 4. The Labute approximate surface area is 136 Å². The number of benzene rings is 1. The largest absolute Gasteiger partial charge is 0.369 e. The average molecular weight is 311 g/mol. The fourth-order valence-corrected chi connectivity index (χ4v) is 4.18. The van der Waals surface area contributed by atoms with Gasteiger partial charge in [0.1, 0.15) is 5.03 Å². The van der Waals surface area contributed by atoms with E-state index in [-0.39, 0.29) is 0 Å². The number of nitrogens with zero attached hydrogens (tertiary/aromatic N) is 2. The predicted molar refractivity (Wildman–Crippen MR) is 91.6 cm³/mol. The molecule has 2 aliphatic rings. The molecule has 4 heteroatoms. The van der Waals surface area contributed by atoms with Crippen LogP contribution < -0.4 is 10.2 Å². The standard InChI is InChI=1S/C18H21N3S/c1-2-4-17(5-3-1)22-18-9-8-16(12-19-18)21-11-10-14-6-7-15(13-21)20-14/h1-5,8-9,12,14-15,20H,6-7,10-11,13H2. The highest BCUT2D eigenvalue weighted by atomic mass is 32.2. The summed E-state index contributed by atoms with van der Waals surface area (Å²) in [5, 5.41) is 4.79. The van der Waals surface area contributed by atoms with Crippen LogP contribution >= 0.6 is 11.8 Å². The first-order valence-electron chi connectivity index (χ1n) is 8.07. The molecule has 2 fully saturated rings. The lowest BCUT2D eigenvalue weighted by molar-refractivity contribution is 0.563. The minimum absolute atomic E-state index is 0.658. The van der Waals surface area contributed by atoms with Crippen molar-refractivity contribution < 1.29 is 0 Å². The first-order chi connectivity index (χ1) is 10.9. The summed E-state index contributed by atoms with van der Waals surface area (Å²) < 4.78 is 0. The van der Waals surface area contributed by atoms with Crippen molar-refractivity contribution in [3.05, 3.63) is 48.7 Å². The molecule has 4 rings (SSSR count). The molecule has 3 heterocycles. The highest BCUT2D eigenvalue weighted by Crippen LogP contribution is 2.28. The number of rotatable bonds is 3. The Morgan fingerprint density at radius 2 is 1.86 bits per heavy atom. The van der Waals surface area contributed by atoms with Crippen LogP contribution in [0.2, 0.25) is 0 Å². The molecule has 1 aromatic heterocycles. The number of fused-ring (bicyclic) bond motifs is 2. The van der Waals surface area contributed by atoms with E-state index < -0.39 is 0 Å². The smallest absolute Gasteiger partial charge is 0.101 e. The van der Waals surface area contributed by atoms with Crippen LogP contribution in [-0.2, 0) is 0 Å². The molecule has 0 amide bonds. The van der Waals surface area contributed by atoms with Crippen LogP contribution in [-0.4, -0.2) is 30.2 Å². The van der Waals surface area contributed by atoms with Crippen LogP contribution in [0.15, 0.2) is 58.6 Å². The van der Waals surface area contributed by atoms with Gasteiger partial charge in [-0.05, 0) is 43.5 Å². The molecule has 2 bridgehead atoms. The normalized spacial score (nSPS) is 24.3. The molecule has 0 radical (unpaired) electrons.